The third-order valence-electron chi connectivity index (χ3n) is 5.75. The highest BCUT2D eigenvalue weighted by molar-refractivity contribution is 6.29. The Morgan fingerprint density at radius 3 is 1.17 bits per heavy atom. The second-order valence-electron chi connectivity index (χ2n) is 8.04. The quantitative estimate of drug-likeness (QED) is 0.230. The molecule has 0 aromatic heterocycles. The lowest BCUT2D eigenvalue weighted by Gasteiger charge is -2.20. The van der Waals surface area contributed by atoms with Crippen molar-refractivity contribution in [3.63, 3.8) is 0 Å². The zero-order valence-electron chi connectivity index (χ0n) is 18.4. The first-order chi connectivity index (χ1) is 17.3. The number of fused-ring (bicyclic) bond motifs is 2. The standard InChI is InChI=1S/C26H16N4O6/c31-25-21-11-5-17(27-15-1-7-19(8-2-15)29(33)34)13-23(21)26(32)24-14-18(6-12-22(24)25)28-16-3-9-20(10-4-16)30(35)36/h1-14,27-28H. The summed E-state index contributed by atoms with van der Waals surface area (Å²) in [5.41, 5.74) is 3.26. The van der Waals surface area contributed by atoms with Crippen LogP contribution >= 0.6 is 0 Å². The number of nitro benzene ring substituents is 2. The van der Waals surface area contributed by atoms with Crippen molar-refractivity contribution in [1.82, 2.24) is 0 Å². The predicted molar refractivity (Wildman–Crippen MR) is 133 cm³/mol. The zero-order valence-corrected chi connectivity index (χ0v) is 18.4. The van der Waals surface area contributed by atoms with E-state index < -0.39 is 9.85 Å². The second-order valence-corrected chi connectivity index (χ2v) is 8.04. The predicted octanol–water partition coefficient (Wildman–Crippen LogP) is 5.77. The SMILES string of the molecule is O=C1c2ccc(Nc3ccc([N+](=O)[O-])cc3)cc2C(=O)c2cc(Nc3ccc([N+](=O)[O-])cc3)ccc21. The van der Waals surface area contributed by atoms with E-state index in [0.717, 1.165) is 0 Å². The van der Waals surface area contributed by atoms with Crippen LogP contribution in [0.15, 0.2) is 84.9 Å². The number of benzene rings is 4. The summed E-state index contributed by atoms with van der Waals surface area (Å²) in [5.74, 6) is -0.595. The maximum absolute atomic E-state index is 13.3. The largest absolute Gasteiger partial charge is 0.356 e. The molecule has 0 fully saturated rings. The van der Waals surface area contributed by atoms with Crippen LogP contribution in [0.3, 0.4) is 0 Å². The van der Waals surface area contributed by atoms with Gasteiger partial charge in [0.2, 0.25) is 0 Å². The Morgan fingerprint density at radius 1 is 0.472 bits per heavy atom. The Morgan fingerprint density at radius 2 is 0.806 bits per heavy atom. The highest BCUT2D eigenvalue weighted by atomic mass is 16.6. The van der Waals surface area contributed by atoms with Gasteiger partial charge in [-0.1, -0.05) is 0 Å². The summed E-state index contributed by atoms with van der Waals surface area (Å²) in [6, 6.07) is 21.3. The van der Waals surface area contributed by atoms with Crippen molar-refractivity contribution >= 4 is 45.7 Å². The van der Waals surface area contributed by atoms with Gasteiger partial charge in [-0.3, -0.25) is 29.8 Å². The molecule has 1 aliphatic carbocycles. The molecule has 36 heavy (non-hydrogen) atoms. The average molecular weight is 480 g/mol. The van der Waals surface area contributed by atoms with Crippen LogP contribution in [0.5, 0.6) is 0 Å². The highest BCUT2D eigenvalue weighted by Crippen LogP contribution is 2.32. The van der Waals surface area contributed by atoms with Crippen LogP contribution in [0.2, 0.25) is 0 Å². The van der Waals surface area contributed by atoms with Gasteiger partial charge in [0.25, 0.3) is 11.4 Å². The van der Waals surface area contributed by atoms with E-state index in [9.17, 15) is 29.8 Å². The molecule has 0 spiro atoms. The van der Waals surface area contributed by atoms with Crippen LogP contribution in [-0.2, 0) is 0 Å². The van der Waals surface area contributed by atoms with E-state index in [-0.39, 0.29) is 45.2 Å². The number of hydrogen-bond acceptors (Lipinski definition) is 8. The first kappa shape index (κ1) is 22.4. The van der Waals surface area contributed by atoms with E-state index in [0.29, 0.717) is 22.7 Å². The second kappa shape index (κ2) is 8.76. The van der Waals surface area contributed by atoms with Crippen molar-refractivity contribution in [1.29, 1.82) is 0 Å². The van der Waals surface area contributed by atoms with Gasteiger partial charge < -0.3 is 10.6 Å². The molecule has 0 bridgehead atoms. The van der Waals surface area contributed by atoms with Gasteiger partial charge in [-0.2, -0.15) is 0 Å². The first-order valence-corrected chi connectivity index (χ1v) is 10.7. The molecule has 0 heterocycles. The van der Waals surface area contributed by atoms with Crippen LogP contribution < -0.4 is 10.6 Å². The fourth-order valence-corrected chi connectivity index (χ4v) is 3.97. The highest BCUT2D eigenvalue weighted by Gasteiger charge is 2.30. The van der Waals surface area contributed by atoms with Gasteiger partial charge in [-0.05, 0) is 60.7 Å². The summed E-state index contributed by atoms with van der Waals surface area (Å²) >= 11 is 0. The van der Waals surface area contributed by atoms with E-state index in [1.54, 1.807) is 60.7 Å². The number of nitro groups is 2. The Bertz CT molecular complexity index is 1450. The van der Waals surface area contributed by atoms with Gasteiger partial charge in [-0.15, -0.1) is 0 Å². The van der Waals surface area contributed by atoms with E-state index >= 15 is 0 Å². The number of ketones is 2. The van der Waals surface area contributed by atoms with E-state index in [4.69, 9.17) is 0 Å². The number of hydrogen-bond donors (Lipinski definition) is 2. The Balaban J connectivity index is 1.41. The van der Waals surface area contributed by atoms with Crippen molar-refractivity contribution in [2.24, 2.45) is 0 Å². The molecule has 0 radical (unpaired) electrons. The van der Waals surface area contributed by atoms with Crippen LogP contribution in [-0.4, -0.2) is 21.4 Å². The lowest BCUT2D eigenvalue weighted by molar-refractivity contribution is -0.385. The monoisotopic (exact) mass is 480 g/mol. The summed E-state index contributed by atoms with van der Waals surface area (Å²) < 4.78 is 0. The molecular formula is C26H16N4O6. The fraction of sp³-hybridized carbons (Fsp3) is 0. The van der Waals surface area contributed by atoms with Gasteiger partial charge in [0.05, 0.1) is 9.85 Å². The third-order valence-corrected chi connectivity index (χ3v) is 5.75. The van der Waals surface area contributed by atoms with Crippen LogP contribution in [0, 0.1) is 20.2 Å². The van der Waals surface area contributed by atoms with E-state index in [1.165, 1.54) is 24.3 Å². The molecule has 0 unspecified atom stereocenters. The lowest BCUT2D eigenvalue weighted by atomic mass is 9.83. The molecule has 2 N–H and O–H groups in total. The van der Waals surface area contributed by atoms with Crippen molar-refractivity contribution < 1.29 is 19.4 Å². The van der Waals surface area contributed by atoms with E-state index in [2.05, 4.69) is 10.6 Å². The summed E-state index contributed by atoms with van der Waals surface area (Å²) in [7, 11) is 0. The molecule has 1 aliphatic rings. The molecule has 5 rings (SSSR count). The van der Waals surface area contributed by atoms with Gasteiger partial charge in [-0.25, -0.2) is 0 Å². The molecule has 0 aliphatic heterocycles. The minimum atomic E-state index is -0.491. The molecule has 0 saturated carbocycles. The van der Waals surface area contributed by atoms with Crippen LogP contribution in [0.25, 0.3) is 0 Å². The van der Waals surface area contributed by atoms with E-state index in [1.807, 2.05) is 0 Å². The van der Waals surface area contributed by atoms with Crippen molar-refractivity contribution in [3.8, 4) is 0 Å². The molecule has 0 amide bonds. The van der Waals surface area contributed by atoms with Crippen molar-refractivity contribution in [3.05, 3.63) is 127 Å². The Kier molecular flexibility index (Phi) is 5.46. The maximum atomic E-state index is 13.3. The van der Waals surface area contributed by atoms with Gasteiger partial charge in [0.1, 0.15) is 0 Å². The van der Waals surface area contributed by atoms with Crippen molar-refractivity contribution in [2.75, 3.05) is 10.6 Å². The minimum Gasteiger partial charge on any atom is -0.356 e. The summed E-state index contributed by atoms with van der Waals surface area (Å²) in [4.78, 5) is 47.1. The molecule has 0 atom stereocenters. The van der Waals surface area contributed by atoms with Crippen molar-refractivity contribution in [2.45, 2.75) is 0 Å². The molecule has 10 heteroatoms. The third kappa shape index (κ3) is 4.14. The summed E-state index contributed by atoms with van der Waals surface area (Å²) in [6.07, 6.45) is 0. The number of nitrogens with one attached hydrogen (secondary N) is 2. The first-order valence-electron chi connectivity index (χ1n) is 10.7. The maximum Gasteiger partial charge on any atom is 0.269 e. The Labute approximate surface area is 203 Å². The molecule has 176 valence electrons. The number of carbonyl (C=O) groups is 2. The Hall–Kier alpha value is -5.38. The molecule has 10 nitrogen and oxygen atoms in total. The number of carbonyl (C=O) groups excluding carboxylic acids is 2. The smallest absolute Gasteiger partial charge is 0.269 e. The van der Waals surface area contributed by atoms with Gasteiger partial charge in [0.15, 0.2) is 11.6 Å². The zero-order chi connectivity index (χ0) is 25.4. The summed E-state index contributed by atoms with van der Waals surface area (Å²) in [5, 5.41) is 27.9. The lowest BCUT2D eigenvalue weighted by Crippen LogP contribution is -2.21. The van der Waals surface area contributed by atoms with Crippen LogP contribution in [0.1, 0.15) is 31.8 Å². The number of anilines is 4. The van der Waals surface area contributed by atoms with Crippen LogP contribution in [0.4, 0.5) is 34.1 Å². The summed E-state index contributed by atoms with van der Waals surface area (Å²) in [6.45, 7) is 0. The number of rotatable bonds is 6. The minimum absolute atomic E-state index is 0.0403. The average Bonchev–Trinajstić information content (AvgIpc) is 2.88. The normalized spacial score (nSPS) is 11.9. The number of non-ortho nitro benzene ring substituents is 2. The van der Waals surface area contributed by atoms with Gasteiger partial charge >= 0.3 is 0 Å². The topological polar surface area (TPSA) is 144 Å². The molecule has 4 aromatic rings. The van der Waals surface area contributed by atoms with Gasteiger partial charge in [0, 0.05) is 69.3 Å². The molecular weight excluding hydrogens is 464 g/mol. The fourth-order valence-electron chi connectivity index (χ4n) is 3.97. The number of nitrogens with zero attached hydrogens (tertiary/aromatic N) is 2. The molecule has 0 saturated heterocycles. The molecule has 4 aromatic carbocycles.